The molecule has 1 amide bonds. The maximum absolute atomic E-state index is 12.8. The summed E-state index contributed by atoms with van der Waals surface area (Å²) in [6, 6.07) is 5.16. The van der Waals surface area contributed by atoms with Crippen molar-refractivity contribution in [2.45, 2.75) is 50.2 Å². The van der Waals surface area contributed by atoms with Crippen LogP contribution < -0.4 is 19.5 Å². The van der Waals surface area contributed by atoms with E-state index in [1.165, 1.54) is 12.8 Å². The van der Waals surface area contributed by atoms with Gasteiger partial charge in [0.25, 0.3) is 0 Å². The van der Waals surface area contributed by atoms with Crippen LogP contribution in [0, 0.1) is 0 Å². The Hall–Kier alpha value is -1.95. The number of hydrogen-bond acceptors (Lipinski definition) is 5. The number of nitrogens with zero attached hydrogens (tertiary/aromatic N) is 1. The van der Waals surface area contributed by atoms with Gasteiger partial charge in [0.15, 0.2) is 11.5 Å². The molecule has 1 N–H and O–H groups in total. The van der Waals surface area contributed by atoms with Gasteiger partial charge in [-0.05, 0) is 43.4 Å². The molecular formula is C19H28N2O4. The van der Waals surface area contributed by atoms with Gasteiger partial charge in [-0.1, -0.05) is 0 Å². The molecule has 2 bridgehead atoms. The molecule has 25 heavy (non-hydrogen) atoms. The number of likely N-dealkylation sites (N-methyl/N-ethyl adjacent to an activating group) is 1. The minimum absolute atomic E-state index is 0.126. The second-order valence-corrected chi connectivity index (χ2v) is 6.98. The lowest BCUT2D eigenvalue weighted by Crippen LogP contribution is -2.49. The minimum Gasteiger partial charge on any atom is -0.493 e. The molecule has 0 saturated carbocycles. The lowest BCUT2D eigenvalue weighted by molar-refractivity contribution is -0.131. The van der Waals surface area contributed by atoms with Crippen molar-refractivity contribution >= 4 is 5.91 Å². The van der Waals surface area contributed by atoms with Gasteiger partial charge in [-0.2, -0.15) is 0 Å². The number of fused-ring (bicyclic) bond motifs is 2. The van der Waals surface area contributed by atoms with Gasteiger partial charge in [-0.25, -0.2) is 0 Å². The first-order valence-corrected chi connectivity index (χ1v) is 8.86. The van der Waals surface area contributed by atoms with Crippen LogP contribution in [0.15, 0.2) is 12.1 Å². The van der Waals surface area contributed by atoms with Gasteiger partial charge in [0, 0.05) is 25.2 Å². The second-order valence-electron chi connectivity index (χ2n) is 6.98. The van der Waals surface area contributed by atoms with E-state index in [9.17, 15) is 4.79 Å². The predicted molar refractivity (Wildman–Crippen MR) is 95.5 cm³/mol. The van der Waals surface area contributed by atoms with Crippen LogP contribution in [0.25, 0.3) is 0 Å². The third-order valence-electron chi connectivity index (χ3n) is 5.47. The number of hydrogen-bond donors (Lipinski definition) is 1. The van der Waals surface area contributed by atoms with E-state index in [0.29, 0.717) is 41.8 Å². The maximum atomic E-state index is 12.8. The van der Waals surface area contributed by atoms with Crippen LogP contribution in [-0.4, -0.2) is 57.3 Å². The maximum Gasteiger partial charge on any atom is 0.226 e. The molecule has 6 nitrogen and oxygen atoms in total. The molecule has 1 aromatic carbocycles. The number of carbonyl (C=O) groups excluding carboxylic acids is 1. The SMILES string of the molecule is COc1cc(CC(=O)N(C)C2CC3CCC(C2)N3)cc(OC)c1OC. The summed E-state index contributed by atoms with van der Waals surface area (Å²) in [5, 5.41) is 3.62. The summed E-state index contributed by atoms with van der Waals surface area (Å²) in [4.78, 5) is 14.7. The molecule has 2 saturated heterocycles. The fourth-order valence-corrected chi connectivity index (χ4v) is 4.08. The number of rotatable bonds is 6. The highest BCUT2D eigenvalue weighted by molar-refractivity contribution is 5.79. The van der Waals surface area contributed by atoms with Gasteiger partial charge < -0.3 is 24.4 Å². The van der Waals surface area contributed by atoms with Gasteiger partial charge in [-0.3, -0.25) is 4.79 Å². The minimum atomic E-state index is 0.126. The summed E-state index contributed by atoms with van der Waals surface area (Å²) in [6.07, 6.45) is 4.89. The molecule has 1 aromatic rings. The normalized spacial score (nSPS) is 24.7. The molecule has 0 spiro atoms. The van der Waals surface area contributed by atoms with E-state index in [1.54, 1.807) is 21.3 Å². The van der Waals surface area contributed by atoms with E-state index >= 15 is 0 Å². The van der Waals surface area contributed by atoms with Crippen LogP contribution in [0.2, 0.25) is 0 Å². The highest BCUT2D eigenvalue weighted by Gasteiger charge is 2.36. The molecule has 2 atom stereocenters. The van der Waals surface area contributed by atoms with Crippen molar-refractivity contribution in [3.8, 4) is 17.2 Å². The fourth-order valence-electron chi connectivity index (χ4n) is 4.08. The molecular weight excluding hydrogens is 320 g/mol. The zero-order chi connectivity index (χ0) is 18.0. The van der Waals surface area contributed by atoms with Crippen molar-refractivity contribution in [3.63, 3.8) is 0 Å². The van der Waals surface area contributed by atoms with Crippen molar-refractivity contribution in [1.29, 1.82) is 0 Å². The first-order valence-electron chi connectivity index (χ1n) is 8.86. The predicted octanol–water partition coefficient (Wildman–Crippen LogP) is 2.00. The second kappa shape index (κ2) is 7.52. The molecule has 0 radical (unpaired) electrons. The standard InChI is InChI=1S/C19H28N2O4/c1-21(15-10-13-5-6-14(11-15)20-13)18(22)9-12-7-16(23-2)19(25-4)17(8-12)24-3/h7-8,13-15,20H,5-6,9-11H2,1-4H3. The van der Waals surface area contributed by atoms with Crippen LogP contribution in [0.5, 0.6) is 17.2 Å². The molecule has 2 fully saturated rings. The Labute approximate surface area is 149 Å². The molecule has 2 aliphatic heterocycles. The fraction of sp³-hybridized carbons (Fsp3) is 0.632. The molecule has 6 heteroatoms. The highest BCUT2D eigenvalue weighted by atomic mass is 16.5. The average molecular weight is 348 g/mol. The number of methoxy groups -OCH3 is 3. The van der Waals surface area contributed by atoms with E-state index in [-0.39, 0.29) is 5.91 Å². The molecule has 0 aromatic heterocycles. The average Bonchev–Trinajstić information content (AvgIpc) is 2.97. The first kappa shape index (κ1) is 17.9. The highest BCUT2D eigenvalue weighted by Crippen LogP contribution is 2.38. The number of ether oxygens (including phenoxy) is 3. The number of benzene rings is 1. The van der Waals surface area contributed by atoms with Gasteiger partial charge in [0.2, 0.25) is 11.7 Å². The van der Waals surface area contributed by atoms with Gasteiger partial charge in [0.1, 0.15) is 0 Å². The van der Waals surface area contributed by atoms with Crippen molar-refractivity contribution in [3.05, 3.63) is 17.7 Å². The third kappa shape index (κ3) is 3.68. The zero-order valence-corrected chi connectivity index (χ0v) is 15.5. The number of amides is 1. The monoisotopic (exact) mass is 348 g/mol. The first-order chi connectivity index (χ1) is 12.0. The molecule has 138 valence electrons. The van der Waals surface area contributed by atoms with Crippen LogP contribution in [0.4, 0.5) is 0 Å². The van der Waals surface area contributed by atoms with Crippen molar-refractivity contribution < 1.29 is 19.0 Å². The number of carbonyl (C=O) groups is 1. The van der Waals surface area contributed by atoms with Gasteiger partial charge in [0.05, 0.1) is 27.8 Å². The smallest absolute Gasteiger partial charge is 0.226 e. The van der Waals surface area contributed by atoms with Gasteiger partial charge >= 0.3 is 0 Å². The van der Waals surface area contributed by atoms with Crippen LogP contribution in [-0.2, 0) is 11.2 Å². The van der Waals surface area contributed by atoms with Crippen molar-refractivity contribution in [1.82, 2.24) is 10.2 Å². The Balaban J connectivity index is 1.71. The van der Waals surface area contributed by atoms with E-state index in [0.717, 1.165) is 18.4 Å². The molecule has 2 aliphatic rings. The van der Waals surface area contributed by atoms with Crippen LogP contribution in [0.1, 0.15) is 31.2 Å². The van der Waals surface area contributed by atoms with Crippen LogP contribution >= 0.6 is 0 Å². The number of nitrogens with one attached hydrogen (secondary N) is 1. The summed E-state index contributed by atoms with van der Waals surface area (Å²) in [7, 11) is 6.67. The van der Waals surface area contributed by atoms with Crippen molar-refractivity contribution in [2.24, 2.45) is 0 Å². The molecule has 2 heterocycles. The Bertz CT molecular complexity index is 597. The quantitative estimate of drug-likeness (QED) is 0.852. The zero-order valence-electron chi connectivity index (χ0n) is 15.5. The summed E-state index contributed by atoms with van der Waals surface area (Å²) < 4.78 is 16.1. The Morgan fingerprint density at radius 2 is 1.64 bits per heavy atom. The number of piperidine rings is 1. The van der Waals surface area contributed by atoms with Crippen molar-refractivity contribution in [2.75, 3.05) is 28.4 Å². The summed E-state index contributed by atoms with van der Waals surface area (Å²) in [6.45, 7) is 0. The van der Waals surface area contributed by atoms with E-state index in [1.807, 2.05) is 24.1 Å². The molecule has 3 rings (SSSR count). The van der Waals surface area contributed by atoms with E-state index in [2.05, 4.69) is 5.32 Å². The summed E-state index contributed by atoms with van der Waals surface area (Å²) >= 11 is 0. The largest absolute Gasteiger partial charge is 0.493 e. The Kier molecular flexibility index (Phi) is 5.37. The van der Waals surface area contributed by atoms with E-state index in [4.69, 9.17) is 14.2 Å². The van der Waals surface area contributed by atoms with Crippen LogP contribution in [0.3, 0.4) is 0 Å². The molecule has 0 aliphatic carbocycles. The lowest BCUT2D eigenvalue weighted by atomic mass is 9.98. The van der Waals surface area contributed by atoms with E-state index < -0.39 is 0 Å². The lowest BCUT2D eigenvalue weighted by Gasteiger charge is -2.35. The summed E-state index contributed by atoms with van der Waals surface area (Å²) in [5.41, 5.74) is 0.864. The topological polar surface area (TPSA) is 60.0 Å². The Morgan fingerprint density at radius 1 is 1.08 bits per heavy atom. The third-order valence-corrected chi connectivity index (χ3v) is 5.47. The molecule has 2 unspecified atom stereocenters. The Morgan fingerprint density at radius 3 is 2.12 bits per heavy atom. The van der Waals surface area contributed by atoms with Gasteiger partial charge in [-0.15, -0.1) is 0 Å². The summed E-state index contributed by atoms with van der Waals surface area (Å²) in [5.74, 6) is 1.82.